The molecule has 0 saturated heterocycles. The standard InChI is InChI=1S/C7H12NO4S.Na/c1-4-6(9)8-7(5(2)3)13(10,11)12;/h5,7H,1H2,2-3H3,(H,8,9)(H,10,11,12);. The van der Waals surface area contributed by atoms with Gasteiger partial charge in [0.2, 0.25) is 0 Å². The van der Waals surface area contributed by atoms with Crippen molar-refractivity contribution >= 4 is 44.0 Å². The molecule has 0 bridgehead atoms. The molecule has 76 valence electrons. The van der Waals surface area contributed by atoms with Gasteiger partial charge in [-0.2, -0.15) is 0 Å². The van der Waals surface area contributed by atoms with Gasteiger partial charge in [-0.3, -0.25) is 0 Å². The van der Waals surface area contributed by atoms with Gasteiger partial charge < -0.3 is 0 Å². The number of carbonyl (C=O) groups is 1. The van der Waals surface area contributed by atoms with Crippen molar-refractivity contribution in [2.24, 2.45) is 5.92 Å². The SMILES string of the molecule is C=[C]([Na])C(=O)NC(C(C)C)S(=O)(=O)O. The van der Waals surface area contributed by atoms with Gasteiger partial charge >= 0.3 is 102 Å². The zero-order valence-electron chi connectivity index (χ0n) is 8.44. The molecule has 1 unspecified atom stereocenters. The first-order valence-corrected chi connectivity index (χ1v) is 6.59. The molecule has 0 radical (unpaired) electrons. The monoisotopic (exact) mass is 229 g/mol. The summed E-state index contributed by atoms with van der Waals surface area (Å²) in [6, 6.07) is 0. The summed E-state index contributed by atoms with van der Waals surface area (Å²) < 4.78 is 30.9. The third kappa shape index (κ3) is 4.56. The number of nitrogens with one attached hydrogen (secondary N) is 1. The van der Waals surface area contributed by atoms with Crippen LogP contribution in [0.25, 0.3) is 0 Å². The molecule has 0 aliphatic carbocycles. The first kappa shape index (κ1) is 14.1. The maximum absolute atomic E-state index is 11.2. The molecule has 14 heavy (non-hydrogen) atoms. The summed E-state index contributed by atoms with van der Waals surface area (Å²) in [5.74, 6) is -0.914. The molecule has 0 rings (SSSR count). The van der Waals surface area contributed by atoms with Crippen LogP contribution in [0.2, 0.25) is 0 Å². The van der Waals surface area contributed by atoms with E-state index in [0.717, 1.165) is 0 Å². The second kappa shape index (κ2) is 5.27. The van der Waals surface area contributed by atoms with Crippen molar-refractivity contribution in [3.63, 3.8) is 0 Å². The van der Waals surface area contributed by atoms with Crippen LogP contribution < -0.4 is 5.32 Å². The Labute approximate surface area is 101 Å². The van der Waals surface area contributed by atoms with Gasteiger partial charge in [0.25, 0.3) is 0 Å². The number of hydrogen-bond donors (Lipinski definition) is 2. The fraction of sp³-hybridized carbons (Fsp3) is 0.571. The van der Waals surface area contributed by atoms with Gasteiger partial charge in [0, 0.05) is 0 Å². The number of amides is 1. The molecule has 5 nitrogen and oxygen atoms in total. The van der Waals surface area contributed by atoms with E-state index in [0.29, 0.717) is 30.8 Å². The molecule has 1 atom stereocenters. The minimum absolute atomic E-state index is 0.333. The van der Waals surface area contributed by atoms with E-state index in [-0.39, 0.29) is 0 Å². The fourth-order valence-corrected chi connectivity index (χ4v) is 1.93. The van der Waals surface area contributed by atoms with Gasteiger partial charge in [-0.05, 0) is 0 Å². The molecule has 0 aromatic heterocycles. The third-order valence-corrected chi connectivity index (χ3v) is 3.35. The summed E-state index contributed by atoms with van der Waals surface area (Å²) in [5, 5.41) is 0.951. The van der Waals surface area contributed by atoms with Crippen molar-refractivity contribution in [3.8, 4) is 0 Å². The zero-order chi connectivity index (χ0) is 11.5. The second-order valence-electron chi connectivity index (χ2n) is 3.43. The zero-order valence-corrected chi connectivity index (χ0v) is 11.3. The van der Waals surface area contributed by atoms with Gasteiger partial charge in [0.1, 0.15) is 0 Å². The van der Waals surface area contributed by atoms with Crippen LogP contribution in [-0.2, 0) is 14.9 Å². The summed E-state index contributed by atoms with van der Waals surface area (Å²) in [5.41, 5.74) is 0. The Hall–Kier alpha value is 0.120. The normalized spacial score (nSPS) is 13.9. The van der Waals surface area contributed by atoms with Crippen molar-refractivity contribution in [1.82, 2.24) is 5.32 Å². The Bertz CT molecular complexity index is 336. The minimum atomic E-state index is -4.25. The quantitative estimate of drug-likeness (QED) is 0.392. The van der Waals surface area contributed by atoms with Crippen LogP contribution in [0, 0.1) is 5.92 Å². The van der Waals surface area contributed by atoms with E-state index in [9.17, 15) is 13.2 Å². The molecule has 2 N–H and O–H groups in total. The van der Waals surface area contributed by atoms with Crippen molar-refractivity contribution in [2.45, 2.75) is 19.2 Å². The molecule has 0 aromatic rings. The van der Waals surface area contributed by atoms with Crippen LogP contribution in [-0.4, -0.2) is 52.2 Å². The second-order valence-corrected chi connectivity index (χ2v) is 6.18. The molecule has 0 aliphatic heterocycles. The average molecular weight is 229 g/mol. The van der Waals surface area contributed by atoms with E-state index >= 15 is 0 Å². The topological polar surface area (TPSA) is 83.5 Å². The molecule has 0 aromatic carbocycles. The van der Waals surface area contributed by atoms with Gasteiger partial charge in [0.15, 0.2) is 0 Å². The fourth-order valence-electron chi connectivity index (χ4n) is 0.837. The van der Waals surface area contributed by atoms with Crippen LogP contribution in [0.4, 0.5) is 0 Å². The van der Waals surface area contributed by atoms with Crippen LogP contribution in [0.15, 0.2) is 9.40 Å². The maximum atomic E-state index is 11.2. The molecule has 0 aliphatic rings. The third-order valence-electron chi connectivity index (χ3n) is 1.59. The van der Waals surface area contributed by atoms with Crippen LogP contribution in [0.3, 0.4) is 0 Å². The van der Waals surface area contributed by atoms with Gasteiger partial charge in [-0.1, -0.05) is 0 Å². The summed E-state index contributed by atoms with van der Waals surface area (Å²) in [4.78, 5) is 11.2. The number of carbonyl (C=O) groups excluding carboxylic acids is 1. The number of hydrogen-bond acceptors (Lipinski definition) is 3. The predicted octanol–water partition coefficient (Wildman–Crippen LogP) is -0.345. The Balaban J connectivity index is 4.74. The van der Waals surface area contributed by atoms with Crippen LogP contribution >= 0.6 is 0 Å². The molecule has 0 heterocycles. The molecule has 0 saturated carbocycles. The van der Waals surface area contributed by atoms with Crippen molar-refractivity contribution in [3.05, 3.63) is 9.40 Å². The molecular formula is C7H12NNaO4S. The number of rotatable bonds is 4. The van der Waals surface area contributed by atoms with E-state index in [2.05, 4.69) is 11.9 Å². The summed E-state index contributed by atoms with van der Waals surface area (Å²) in [7, 11) is -4.25. The first-order chi connectivity index (χ1) is 6.16. The van der Waals surface area contributed by atoms with Crippen molar-refractivity contribution in [2.75, 3.05) is 0 Å². The molecule has 1 amide bonds. The molecular weight excluding hydrogens is 217 g/mol. The molecule has 0 spiro atoms. The van der Waals surface area contributed by atoms with Crippen LogP contribution in [0.5, 0.6) is 0 Å². The van der Waals surface area contributed by atoms with Crippen LogP contribution in [0.1, 0.15) is 13.8 Å². The molecule has 7 heteroatoms. The average Bonchev–Trinajstić information content (AvgIpc) is 1.96. The Morgan fingerprint density at radius 2 is 1.93 bits per heavy atom. The van der Waals surface area contributed by atoms with Gasteiger partial charge in [-0.15, -0.1) is 0 Å². The Morgan fingerprint density at radius 3 is 2.14 bits per heavy atom. The molecule has 0 fully saturated rings. The van der Waals surface area contributed by atoms with E-state index in [1.165, 1.54) is 0 Å². The van der Waals surface area contributed by atoms with Crippen molar-refractivity contribution < 1.29 is 17.8 Å². The summed E-state index contributed by atoms with van der Waals surface area (Å²) in [6.45, 7) is 6.61. The Morgan fingerprint density at radius 1 is 1.50 bits per heavy atom. The van der Waals surface area contributed by atoms with E-state index in [1.807, 2.05) is 0 Å². The summed E-state index contributed by atoms with van der Waals surface area (Å²) in [6.07, 6.45) is 0. The van der Waals surface area contributed by atoms with E-state index < -0.39 is 27.3 Å². The Kier molecular flexibility index (Phi) is 5.32. The predicted molar refractivity (Wildman–Crippen MR) is 53.2 cm³/mol. The van der Waals surface area contributed by atoms with E-state index in [4.69, 9.17) is 4.55 Å². The van der Waals surface area contributed by atoms with Gasteiger partial charge in [0.05, 0.1) is 0 Å². The van der Waals surface area contributed by atoms with Gasteiger partial charge in [-0.25, -0.2) is 0 Å². The first-order valence-electron chi connectivity index (χ1n) is 4.09. The van der Waals surface area contributed by atoms with Crippen molar-refractivity contribution in [1.29, 1.82) is 0 Å². The van der Waals surface area contributed by atoms with E-state index in [1.54, 1.807) is 13.8 Å². The summed E-state index contributed by atoms with van der Waals surface area (Å²) >= 11 is 0.458.